The van der Waals surface area contributed by atoms with Crippen LogP contribution in [0.1, 0.15) is 28.8 Å². The highest BCUT2D eigenvalue weighted by molar-refractivity contribution is 5.90. The molecule has 0 unspecified atom stereocenters. The molecule has 122 valence electrons. The van der Waals surface area contributed by atoms with Crippen LogP contribution in [0.25, 0.3) is 0 Å². The Labute approximate surface area is 147 Å². The lowest BCUT2D eigenvalue weighted by Gasteiger charge is -2.32. The van der Waals surface area contributed by atoms with Crippen LogP contribution < -0.4 is 5.73 Å². The summed E-state index contributed by atoms with van der Waals surface area (Å²) in [4.78, 5) is 17.0. The van der Waals surface area contributed by atoms with Crippen LogP contribution in [0.2, 0.25) is 0 Å². The van der Waals surface area contributed by atoms with Gasteiger partial charge in [0.25, 0.3) is 0 Å². The third-order valence-corrected chi connectivity index (χ3v) is 3.97. The molecule has 2 aromatic carbocycles. The average molecular weight is 323 g/mol. The Kier molecular flexibility index (Phi) is 3.25. The van der Waals surface area contributed by atoms with Crippen LogP contribution in [0.5, 0.6) is 0 Å². The van der Waals surface area contributed by atoms with Crippen LogP contribution >= 0.6 is 0 Å². The summed E-state index contributed by atoms with van der Waals surface area (Å²) in [6, 6.07) is 16.5. The zero-order valence-corrected chi connectivity index (χ0v) is 13.3. The number of amides is 1. The number of imidazole rings is 1. The highest BCUT2D eigenvalue weighted by atomic mass is 16.1. The minimum atomic E-state index is -2.76. The number of nitrogens with zero attached hydrogens (tertiary/aromatic N) is 2. The van der Waals surface area contributed by atoms with Crippen LogP contribution in [-0.4, -0.2) is 15.5 Å². The minimum absolute atomic E-state index is 0.278. The molecule has 0 fully saturated rings. The first-order valence-corrected chi connectivity index (χ1v) is 7.58. The van der Waals surface area contributed by atoms with Crippen LogP contribution in [0.3, 0.4) is 0 Å². The highest BCUT2D eigenvalue weighted by Crippen LogP contribution is 2.36. The summed E-state index contributed by atoms with van der Waals surface area (Å²) in [5.74, 6) is -0.690. The van der Waals surface area contributed by atoms with Crippen LogP contribution in [0.4, 0.5) is 0 Å². The van der Waals surface area contributed by atoms with Crippen LogP contribution in [0, 0.1) is 6.92 Å². The number of hydrogen-bond acceptors (Lipinski definition) is 2. The Morgan fingerprint density at radius 2 is 1.67 bits per heavy atom. The summed E-state index contributed by atoms with van der Waals surface area (Å²) >= 11 is 0. The van der Waals surface area contributed by atoms with E-state index in [0.717, 1.165) is 4.57 Å². The fraction of sp³-hybridized carbons (Fsp3) is 0.200. The fourth-order valence-corrected chi connectivity index (χ4v) is 2.67. The van der Waals surface area contributed by atoms with Crippen LogP contribution in [-0.2, 0) is 16.7 Å². The van der Waals surface area contributed by atoms with Gasteiger partial charge >= 0.3 is 0 Å². The minimum Gasteiger partial charge on any atom is -0.369 e. The molecule has 3 rings (SSSR count). The number of primary amides is 1. The van der Waals surface area contributed by atoms with Gasteiger partial charge in [0.2, 0.25) is 5.91 Å². The summed E-state index contributed by atoms with van der Waals surface area (Å²) in [7, 11) is 0. The van der Waals surface area contributed by atoms with Crippen molar-refractivity contribution in [1.82, 2.24) is 9.55 Å². The van der Waals surface area contributed by atoms with Gasteiger partial charge in [-0.05, 0) is 24.4 Å². The van der Waals surface area contributed by atoms with Crippen molar-refractivity contribution in [3.05, 3.63) is 90.0 Å². The molecule has 24 heavy (non-hydrogen) atoms. The fourth-order valence-electron chi connectivity index (χ4n) is 2.67. The van der Waals surface area contributed by atoms with E-state index >= 15 is 0 Å². The molecular formula is C20H21N3O. The number of rotatable bonds is 6. The molecule has 0 bridgehead atoms. The smallest absolute Gasteiger partial charge is 0.232 e. The zero-order valence-electron chi connectivity index (χ0n) is 17.3. The lowest BCUT2D eigenvalue weighted by molar-refractivity contribution is -0.122. The Morgan fingerprint density at radius 3 is 2.08 bits per heavy atom. The second-order valence-electron chi connectivity index (χ2n) is 5.43. The van der Waals surface area contributed by atoms with Crippen molar-refractivity contribution in [3.8, 4) is 0 Å². The zero-order chi connectivity index (χ0) is 20.6. The van der Waals surface area contributed by atoms with E-state index < -0.39 is 24.2 Å². The number of carbonyl (C=O) groups is 1. The second-order valence-corrected chi connectivity index (χ2v) is 5.43. The highest BCUT2D eigenvalue weighted by Gasteiger charge is 2.40. The summed E-state index contributed by atoms with van der Waals surface area (Å²) in [5.41, 5.74) is 4.32. The molecule has 0 aliphatic carbocycles. The van der Waals surface area contributed by atoms with E-state index in [1.807, 2.05) is 0 Å². The van der Waals surface area contributed by atoms with Crippen molar-refractivity contribution < 1.29 is 10.3 Å². The van der Waals surface area contributed by atoms with Crippen LogP contribution in [0.15, 0.2) is 73.1 Å². The molecule has 0 atom stereocenters. The number of aromatic nitrogens is 2. The maximum absolute atomic E-state index is 13.0. The molecule has 0 radical (unpaired) electrons. The molecule has 0 spiro atoms. The molecule has 0 aliphatic heterocycles. The molecule has 0 saturated heterocycles. The Hall–Kier alpha value is -2.88. The van der Waals surface area contributed by atoms with E-state index in [1.165, 1.54) is 12.4 Å². The molecule has 1 heterocycles. The molecule has 0 aliphatic rings. The van der Waals surface area contributed by atoms with Gasteiger partial charge in [-0.25, -0.2) is 4.98 Å². The number of nitrogens with two attached hydrogens (primary N) is 1. The van der Waals surface area contributed by atoms with Gasteiger partial charge in [-0.2, -0.15) is 0 Å². The van der Waals surface area contributed by atoms with Gasteiger partial charge in [-0.1, -0.05) is 60.7 Å². The van der Waals surface area contributed by atoms with Gasteiger partial charge in [-0.3, -0.25) is 4.79 Å². The first-order chi connectivity index (χ1) is 13.2. The van der Waals surface area contributed by atoms with Crippen molar-refractivity contribution in [2.75, 3.05) is 0 Å². The average Bonchev–Trinajstić information content (AvgIpc) is 3.10. The molecule has 0 saturated carbocycles. The van der Waals surface area contributed by atoms with Gasteiger partial charge in [0.15, 0.2) is 0 Å². The summed E-state index contributed by atoms with van der Waals surface area (Å²) in [5, 5.41) is 0. The van der Waals surface area contributed by atoms with E-state index in [9.17, 15) is 4.79 Å². The van der Waals surface area contributed by atoms with Gasteiger partial charge < -0.3 is 10.3 Å². The van der Waals surface area contributed by atoms with E-state index in [4.69, 9.17) is 11.2 Å². The number of aryl methyl sites for hydroxylation is 2. The van der Waals surface area contributed by atoms with Crippen molar-refractivity contribution in [2.45, 2.75) is 25.2 Å². The summed E-state index contributed by atoms with van der Waals surface area (Å²) < 4.78 is 36.4. The second kappa shape index (κ2) is 6.71. The maximum Gasteiger partial charge on any atom is 0.232 e. The largest absolute Gasteiger partial charge is 0.369 e. The van der Waals surface area contributed by atoms with E-state index in [2.05, 4.69) is 4.98 Å². The van der Waals surface area contributed by atoms with E-state index in [-0.39, 0.29) is 17.0 Å². The third kappa shape index (κ3) is 2.83. The number of benzene rings is 2. The quantitative estimate of drug-likeness (QED) is 0.758. The number of carbonyl (C=O) groups excluding carboxylic acids is 1. The number of hydrogen-bond donors (Lipinski definition) is 1. The van der Waals surface area contributed by atoms with Crippen molar-refractivity contribution in [2.24, 2.45) is 5.73 Å². The summed E-state index contributed by atoms with van der Waals surface area (Å²) in [6.07, 6.45) is -0.0187. The standard InChI is InChI=1S/C20H21N3O/c1-16-22-13-15-23(16)14-12-20(19(21)24,17-8-4-2-5-9-17)18-10-6-3-7-11-18/h2-11,13,15H,12,14H2,1H3,(H2,21,24)/i12D2,14D2. The molecule has 1 amide bonds. The molecule has 4 heteroatoms. The topological polar surface area (TPSA) is 60.9 Å². The Balaban J connectivity index is 2.39. The van der Waals surface area contributed by atoms with Crippen molar-refractivity contribution >= 4 is 5.91 Å². The van der Waals surface area contributed by atoms with Crippen molar-refractivity contribution in [3.63, 3.8) is 0 Å². The molecule has 1 aromatic heterocycles. The summed E-state index contributed by atoms with van der Waals surface area (Å²) in [6.45, 7) is -1.06. The normalized spacial score (nSPS) is 15.0. The predicted molar refractivity (Wildman–Crippen MR) is 94.4 cm³/mol. The van der Waals surface area contributed by atoms with E-state index in [1.54, 1.807) is 67.6 Å². The predicted octanol–water partition coefficient (Wildman–Crippen LogP) is 3.05. The van der Waals surface area contributed by atoms with Gasteiger partial charge in [0.05, 0.1) is 0 Å². The first-order valence-electron chi connectivity index (χ1n) is 9.58. The lowest BCUT2D eigenvalue weighted by atomic mass is 9.71. The Morgan fingerprint density at radius 1 is 1.12 bits per heavy atom. The monoisotopic (exact) mass is 323 g/mol. The van der Waals surface area contributed by atoms with Gasteiger partial charge in [-0.15, -0.1) is 0 Å². The van der Waals surface area contributed by atoms with Gasteiger partial charge in [0.1, 0.15) is 11.2 Å². The molecule has 2 N–H and O–H groups in total. The lowest BCUT2D eigenvalue weighted by Crippen LogP contribution is -2.43. The van der Waals surface area contributed by atoms with E-state index in [0.29, 0.717) is 0 Å². The van der Waals surface area contributed by atoms with Crippen molar-refractivity contribution in [1.29, 1.82) is 0 Å². The molecular weight excluding hydrogens is 298 g/mol. The SMILES string of the molecule is [2H]C([2H])(n1ccnc1C)C([2H])([2H])C(C(N)=O)(c1ccccc1)c1ccccc1. The Bertz CT molecular complexity index is 932. The molecule has 3 aromatic rings. The molecule has 4 nitrogen and oxygen atoms in total. The maximum atomic E-state index is 13.0. The van der Waals surface area contributed by atoms with Gasteiger partial charge in [0, 0.05) is 24.4 Å². The first kappa shape index (κ1) is 11.6. The third-order valence-electron chi connectivity index (χ3n) is 3.97.